The number of hydrogen-bond acceptors (Lipinski definition) is 4. The minimum absolute atomic E-state index is 0.0469. The Morgan fingerprint density at radius 3 is 2.62 bits per heavy atom. The monoisotopic (exact) mass is 302 g/mol. The molecule has 3 atom stereocenters. The molecule has 2 aliphatic carbocycles. The van der Waals surface area contributed by atoms with Crippen molar-refractivity contribution in [3.05, 3.63) is 17.0 Å². The number of nitrogens with zero attached hydrogens (tertiary/aromatic N) is 2. The van der Waals surface area contributed by atoms with Gasteiger partial charge in [0.05, 0.1) is 6.61 Å². The van der Waals surface area contributed by atoms with E-state index in [0.29, 0.717) is 0 Å². The second-order valence-corrected chi connectivity index (χ2v) is 5.35. The van der Waals surface area contributed by atoms with E-state index in [-0.39, 0.29) is 29.6 Å². The van der Waals surface area contributed by atoms with Gasteiger partial charge in [-0.3, -0.25) is 9.59 Å². The molecule has 3 unspecified atom stereocenters. The second kappa shape index (κ2) is 4.32. The van der Waals surface area contributed by atoms with Crippen LogP contribution in [0, 0.1) is 11.8 Å². The third kappa shape index (κ3) is 1.96. The van der Waals surface area contributed by atoms with Crippen LogP contribution in [0.1, 0.15) is 41.5 Å². The van der Waals surface area contributed by atoms with Gasteiger partial charge in [0.25, 0.3) is 0 Å². The van der Waals surface area contributed by atoms with Crippen molar-refractivity contribution in [2.75, 3.05) is 6.61 Å². The van der Waals surface area contributed by atoms with Gasteiger partial charge in [-0.2, -0.15) is 18.3 Å². The van der Waals surface area contributed by atoms with Crippen molar-refractivity contribution >= 4 is 11.8 Å². The minimum Gasteiger partial charge on any atom is -0.465 e. The molecule has 2 aliphatic rings. The third-order valence-corrected chi connectivity index (χ3v) is 4.09. The number of carbonyl (C=O) groups excluding carboxylic acids is 2. The number of ketones is 1. The van der Waals surface area contributed by atoms with Crippen LogP contribution in [0.15, 0.2) is 0 Å². The van der Waals surface area contributed by atoms with Crippen molar-refractivity contribution < 1.29 is 27.5 Å². The topological polar surface area (TPSA) is 61.2 Å². The molecule has 1 saturated carbocycles. The Kier molecular flexibility index (Phi) is 2.90. The maximum atomic E-state index is 13.1. The number of Topliss-reactive ketones (excluding diaryl/α,β-unsaturated/α-hetero) is 1. The molecule has 114 valence electrons. The van der Waals surface area contributed by atoms with Crippen LogP contribution in [0.4, 0.5) is 13.2 Å². The maximum Gasteiger partial charge on any atom is 0.435 e. The van der Waals surface area contributed by atoms with E-state index in [2.05, 4.69) is 5.10 Å². The summed E-state index contributed by atoms with van der Waals surface area (Å²) in [4.78, 5) is 23.6. The van der Waals surface area contributed by atoms with Gasteiger partial charge in [0.1, 0.15) is 12.2 Å². The molecule has 21 heavy (non-hydrogen) atoms. The van der Waals surface area contributed by atoms with Crippen LogP contribution in [0.5, 0.6) is 0 Å². The molecule has 0 radical (unpaired) electrons. The standard InChI is InChI=1S/C13H13F3N2O3/c1-3-21-6(19)4-18-10-9(12(17-18)13(14,15)16)7-5(2)8(7)11(10)20/h5,7-8H,3-4H2,1-2H3. The number of fused-ring (bicyclic) bond motifs is 3. The fourth-order valence-corrected chi connectivity index (χ4v) is 3.17. The first-order valence-electron chi connectivity index (χ1n) is 6.65. The van der Waals surface area contributed by atoms with Crippen molar-refractivity contribution in [1.82, 2.24) is 9.78 Å². The zero-order valence-corrected chi connectivity index (χ0v) is 11.4. The summed E-state index contributed by atoms with van der Waals surface area (Å²) in [6.07, 6.45) is -4.64. The molecule has 8 heteroatoms. The van der Waals surface area contributed by atoms with Crippen LogP contribution in [0.3, 0.4) is 0 Å². The Morgan fingerprint density at radius 2 is 2.05 bits per heavy atom. The summed E-state index contributed by atoms with van der Waals surface area (Å²) in [7, 11) is 0. The zero-order chi connectivity index (χ0) is 15.5. The molecule has 3 rings (SSSR count). The normalized spacial score (nSPS) is 26.5. The molecule has 1 aromatic rings. The molecule has 0 aliphatic heterocycles. The number of hydrogen-bond donors (Lipinski definition) is 0. The quantitative estimate of drug-likeness (QED) is 0.801. The van der Waals surface area contributed by atoms with E-state index in [4.69, 9.17) is 4.74 Å². The third-order valence-electron chi connectivity index (χ3n) is 4.09. The van der Waals surface area contributed by atoms with E-state index >= 15 is 0 Å². The van der Waals surface area contributed by atoms with Gasteiger partial charge in [0.15, 0.2) is 11.5 Å². The van der Waals surface area contributed by atoms with E-state index < -0.39 is 36.2 Å². The molecule has 1 fully saturated rings. The molecule has 0 spiro atoms. The molecule has 1 heterocycles. The molecule has 0 aromatic carbocycles. The number of alkyl halides is 3. The van der Waals surface area contributed by atoms with E-state index in [0.717, 1.165) is 4.68 Å². The average Bonchev–Trinajstić information content (AvgIpc) is 2.74. The minimum atomic E-state index is -4.64. The van der Waals surface area contributed by atoms with Crippen LogP contribution < -0.4 is 0 Å². The summed E-state index contributed by atoms with van der Waals surface area (Å²) in [5, 5.41) is 3.46. The predicted molar refractivity (Wildman–Crippen MR) is 63.6 cm³/mol. The number of esters is 1. The van der Waals surface area contributed by atoms with E-state index in [1.54, 1.807) is 13.8 Å². The summed E-state index contributed by atoms with van der Waals surface area (Å²) in [5.41, 5.74) is -1.18. The highest BCUT2D eigenvalue weighted by atomic mass is 19.4. The Hall–Kier alpha value is -1.86. The number of ether oxygens (including phenoxy) is 1. The Morgan fingerprint density at radius 1 is 1.38 bits per heavy atom. The molecule has 1 aromatic heterocycles. The largest absolute Gasteiger partial charge is 0.465 e. The first-order valence-corrected chi connectivity index (χ1v) is 6.65. The van der Waals surface area contributed by atoms with Gasteiger partial charge in [0, 0.05) is 17.4 Å². The van der Waals surface area contributed by atoms with Crippen LogP contribution in [-0.2, 0) is 22.3 Å². The Labute approximate surface area is 118 Å². The van der Waals surface area contributed by atoms with Gasteiger partial charge in [-0.15, -0.1) is 0 Å². The van der Waals surface area contributed by atoms with Crippen LogP contribution in [0.25, 0.3) is 0 Å². The summed E-state index contributed by atoms with van der Waals surface area (Å²) in [5.74, 6) is -1.97. The van der Waals surface area contributed by atoms with E-state index in [9.17, 15) is 22.8 Å². The van der Waals surface area contributed by atoms with Crippen LogP contribution in [0.2, 0.25) is 0 Å². The molecule has 0 N–H and O–H groups in total. The predicted octanol–water partition coefficient (Wildman–Crippen LogP) is 2.01. The highest BCUT2D eigenvalue weighted by molar-refractivity contribution is 6.05. The van der Waals surface area contributed by atoms with Crippen LogP contribution >= 0.6 is 0 Å². The van der Waals surface area contributed by atoms with Crippen molar-refractivity contribution in [1.29, 1.82) is 0 Å². The van der Waals surface area contributed by atoms with E-state index in [1.807, 2.05) is 0 Å². The van der Waals surface area contributed by atoms with Crippen molar-refractivity contribution in [3.8, 4) is 0 Å². The summed E-state index contributed by atoms with van der Waals surface area (Å²) < 4.78 is 44.8. The SMILES string of the molecule is CCOC(=O)Cn1nc(C(F)(F)F)c2c1C(=O)C1C(C)C21. The first-order chi connectivity index (χ1) is 9.77. The first kappa shape index (κ1) is 14.1. The summed E-state index contributed by atoms with van der Waals surface area (Å²) >= 11 is 0. The molecule has 0 amide bonds. The lowest BCUT2D eigenvalue weighted by atomic mass is 10.1. The van der Waals surface area contributed by atoms with Gasteiger partial charge < -0.3 is 4.74 Å². The second-order valence-electron chi connectivity index (χ2n) is 5.35. The van der Waals surface area contributed by atoms with Gasteiger partial charge in [-0.25, -0.2) is 4.68 Å². The molecule has 0 bridgehead atoms. The lowest BCUT2D eigenvalue weighted by Gasteiger charge is -2.05. The highest BCUT2D eigenvalue weighted by Crippen LogP contribution is 2.63. The lowest BCUT2D eigenvalue weighted by molar-refractivity contribution is -0.146. The molecule has 5 nitrogen and oxygen atoms in total. The van der Waals surface area contributed by atoms with Crippen molar-refractivity contribution in [2.24, 2.45) is 11.8 Å². The smallest absolute Gasteiger partial charge is 0.435 e. The molecular weight excluding hydrogens is 289 g/mol. The Bertz CT molecular complexity index is 635. The molecule has 0 saturated heterocycles. The number of rotatable bonds is 3. The molecular formula is C13H13F3N2O3. The fourth-order valence-electron chi connectivity index (χ4n) is 3.17. The lowest BCUT2D eigenvalue weighted by Crippen LogP contribution is -2.19. The highest BCUT2D eigenvalue weighted by Gasteiger charge is 2.63. The van der Waals surface area contributed by atoms with Crippen molar-refractivity contribution in [2.45, 2.75) is 32.5 Å². The average molecular weight is 302 g/mol. The zero-order valence-electron chi connectivity index (χ0n) is 11.4. The van der Waals surface area contributed by atoms with Crippen molar-refractivity contribution in [3.63, 3.8) is 0 Å². The van der Waals surface area contributed by atoms with Crippen LogP contribution in [-0.4, -0.2) is 28.1 Å². The van der Waals surface area contributed by atoms with Gasteiger partial charge >= 0.3 is 12.1 Å². The summed E-state index contributed by atoms with van der Waals surface area (Å²) in [6.45, 7) is 2.98. The van der Waals surface area contributed by atoms with Gasteiger partial charge in [-0.1, -0.05) is 6.92 Å². The fraction of sp³-hybridized carbons (Fsp3) is 0.615. The van der Waals surface area contributed by atoms with E-state index in [1.165, 1.54) is 0 Å². The van der Waals surface area contributed by atoms with Gasteiger partial charge in [-0.05, 0) is 12.8 Å². The number of aromatic nitrogens is 2. The maximum absolute atomic E-state index is 13.1. The van der Waals surface area contributed by atoms with Gasteiger partial charge in [0.2, 0.25) is 0 Å². The Balaban J connectivity index is 2.04. The summed E-state index contributed by atoms with van der Waals surface area (Å²) in [6, 6.07) is 0. The number of carbonyl (C=O) groups is 2. The number of halogens is 3.